The van der Waals surface area contributed by atoms with Crippen LogP contribution in [0.4, 0.5) is 0 Å². The van der Waals surface area contributed by atoms with Crippen LogP contribution in [0, 0.1) is 18.3 Å². The molecule has 22 heavy (non-hydrogen) atoms. The van der Waals surface area contributed by atoms with Gasteiger partial charge < -0.3 is 10.5 Å². The van der Waals surface area contributed by atoms with Gasteiger partial charge in [0.1, 0.15) is 23.7 Å². The molecule has 2 aromatic rings. The number of nitrogens with zero attached hydrogens (tertiary/aromatic N) is 4. The first kappa shape index (κ1) is 15.4. The van der Waals surface area contributed by atoms with Crippen LogP contribution in [-0.4, -0.2) is 29.0 Å². The summed E-state index contributed by atoms with van der Waals surface area (Å²) < 4.78 is 5.79. The van der Waals surface area contributed by atoms with E-state index in [1.54, 1.807) is 18.5 Å². The lowest BCUT2D eigenvalue weighted by Crippen LogP contribution is -2.16. The van der Waals surface area contributed by atoms with Crippen molar-refractivity contribution in [3.8, 4) is 22.9 Å². The summed E-state index contributed by atoms with van der Waals surface area (Å²) in [7, 11) is 0. The fourth-order valence-corrected chi connectivity index (χ4v) is 1.90. The highest BCUT2D eigenvalue weighted by Gasteiger charge is 2.10. The predicted molar refractivity (Wildman–Crippen MR) is 84.6 cm³/mol. The molecule has 0 amide bonds. The minimum Gasteiger partial charge on any atom is -0.487 e. The van der Waals surface area contributed by atoms with Gasteiger partial charge in [0.15, 0.2) is 0 Å². The maximum atomic E-state index is 9.20. The summed E-state index contributed by atoms with van der Waals surface area (Å²) in [5.41, 5.74) is 7.46. The average molecular weight is 295 g/mol. The van der Waals surface area contributed by atoms with Gasteiger partial charge >= 0.3 is 0 Å². The van der Waals surface area contributed by atoms with Crippen LogP contribution in [0.15, 0.2) is 35.6 Å². The Labute approximate surface area is 129 Å². The van der Waals surface area contributed by atoms with Gasteiger partial charge in [0.25, 0.3) is 0 Å². The van der Waals surface area contributed by atoms with E-state index >= 15 is 0 Å². The van der Waals surface area contributed by atoms with E-state index in [1.807, 2.05) is 26.0 Å². The average Bonchev–Trinajstić information content (AvgIpc) is 2.53. The van der Waals surface area contributed by atoms with Gasteiger partial charge in [-0.1, -0.05) is 6.07 Å². The molecule has 6 heteroatoms. The summed E-state index contributed by atoms with van der Waals surface area (Å²) in [4.78, 5) is 12.3. The van der Waals surface area contributed by atoms with Crippen molar-refractivity contribution in [1.29, 1.82) is 5.26 Å². The summed E-state index contributed by atoms with van der Waals surface area (Å²) in [5.74, 6) is 1.22. The highest BCUT2D eigenvalue weighted by atomic mass is 16.5. The van der Waals surface area contributed by atoms with Crippen molar-refractivity contribution in [2.24, 2.45) is 10.7 Å². The summed E-state index contributed by atoms with van der Waals surface area (Å²) in [6, 6.07) is 7.52. The molecule has 0 fully saturated rings. The zero-order valence-electron chi connectivity index (χ0n) is 12.5. The molecule has 0 radical (unpaired) electrons. The van der Waals surface area contributed by atoms with Gasteiger partial charge in [0.05, 0.1) is 18.4 Å². The summed E-state index contributed by atoms with van der Waals surface area (Å²) in [6.07, 6.45) is 4.55. The number of aryl methyl sites for hydroxylation is 1. The fourth-order valence-electron chi connectivity index (χ4n) is 1.90. The standard InChI is InChI=1S/C16H17N5O/c1-11(7-19-10-18)22-16-5-13(3-4-14(16)6-17)15-8-20-12(2)21-9-15/h3-5,8-11H,7H2,1-2H3,(H2,18,19)/t11-/m0/s1. The monoisotopic (exact) mass is 295 g/mol. The molecule has 0 spiro atoms. The van der Waals surface area contributed by atoms with Gasteiger partial charge in [-0.05, 0) is 31.5 Å². The van der Waals surface area contributed by atoms with E-state index in [0.717, 1.165) is 11.1 Å². The summed E-state index contributed by atoms with van der Waals surface area (Å²) >= 11 is 0. The van der Waals surface area contributed by atoms with Crippen LogP contribution in [-0.2, 0) is 0 Å². The molecular weight excluding hydrogens is 278 g/mol. The van der Waals surface area contributed by atoms with Crippen molar-refractivity contribution in [1.82, 2.24) is 9.97 Å². The van der Waals surface area contributed by atoms with E-state index in [4.69, 9.17) is 10.5 Å². The molecule has 0 aliphatic heterocycles. The van der Waals surface area contributed by atoms with Gasteiger partial charge in [-0.15, -0.1) is 0 Å². The largest absolute Gasteiger partial charge is 0.487 e. The molecule has 0 saturated carbocycles. The summed E-state index contributed by atoms with van der Waals surface area (Å²) in [6.45, 7) is 4.13. The lowest BCUT2D eigenvalue weighted by molar-refractivity contribution is 0.230. The Hall–Kier alpha value is -2.94. The van der Waals surface area contributed by atoms with Crippen LogP contribution in [0.25, 0.3) is 11.1 Å². The first-order valence-corrected chi connectivity index (χ1v) is 6.84. The van der Waals surface area contributed by atoms with E-state index in [1.165, 1.54) is 6.34 Å². The van der Waals surface area contributed by atoms with E-state index < -0.39 is 0 Å². The number of ether oxygens (including phenoxy) is 1. The fraction of sp³-hybridized carbons (Fsp3) is 0.250. The normalized spacial score (nSPS) is 12.0. The molecular formula is C16H17N5O. The smallest absolute Gasteiger partial charge is 0.138 e. The molecule has 0 aliphatic carbocycles. The molecule has 1 aromatic carbocycles. The third-order valence-corrected chi connectivity index (χ3v) is 3.01. The molecule has 0 saturated heterocycles. The Balaban J connectivity index is 2.30. The van der Waals surface area contributed by atoms with Gasteiger partial charge in [-0.3, -0.25) is 4.99 Å². The van der Waals surface area contributed by atoms with E-state index in [2.05, 4.69) is 21.0 Å². The van der Waals surface area contributed by atoms with Crippen molar-refractivity contribution >= 4 is 6.34 Å². The van der Waals surface area contributed by atoms with Crippen LogP contribution in [0.2, 0.25) is 0 Å². The second-order valence-corrected chi connectivity index (χ2v) is 4.78. The highest BCUT2D eigenvalue weighted by molar-refractivity contribution is 5.65. The Morgan fingerprint density at radius 2 is 2.09 bits per heavy atom. The summed E-state index contributed by atoms with van der Waals surface area (Å²) in [5, 5.41) is 9.20. The number of hydrogen-bond acceptors (Lipinski definition) is 5. The molecule has 2 rings (SSSR count). The number of nitriles is 1. The van der Waals surface area contributed by atoms with Crippen LogP contribution >= 0.6 is 0 Å². The van der Waals surface area contributed by atoms with Crippen molar-refractivity contribution < 1.29 is 4.74 Å². The van der Waals surface area contributed by atoms with Crippen molar-refractivity contribution in [3.63, 3.8) is 0 Å². The predicted octanol–water partition coefficient (Wildman–Crippen LogP) is 2.08. The first-order chi connectivity index (χ1) is 10.6. The van der Waals surface area contributed by atoms with Gasteiger partial charge in [0, 0.05) is 18.0 Å². The van der Waals surface area contributed by atoms with Crippen LogP contribution in [0.3, 0.4) is 0 Å². The number of nitrogens with two attached hydrogens (primary N) is 1. The van der Waals surface area contributed by atoms with Crippen molar-refractivity contribution in [2.45, 2.75) is 20.0 Å². The van der Waals surface area contributed by atoms with Crippen LogP contribution < -0.4 is 10.5 Å². The topological polar surface area (TPSA) is 97.2 Å². The molecule has 1 atom stereocenters. The van der Waals surface area contributed by atoms with E-state index in [0.29, 0.717) is 23.7 Å². The lowest BCUT2D eigenvalue weighted by Gasteiger charge is -2.14. The van der Waals surface area contributed by atoms with Gasteiger partial charge in [-0.25, -0.2) is 9.97 Å². The zero-order valence-corrected chi connectivity index (χ0v) is 12.5. The van der Waals surface area contributed by atoms with Crippen molar-refractivity contribution in [2.75, 3.05) is 6.54 Å². The maximum absolute atomic E-state index is 9.20. The third-order valence-electron chi connectivity index (χ3n) is 3.01. The number of aliphatic imine (C=N–C) groups is 1. The highest BCUT2D eigenvalue weighted by Crippen LogP contribution is 2.27. The molecule has 112 valence electrons. The second kappa shape index (κ2) is 7.18. The molecule has 0 unspecified atom stereocenters. The zero-order chi connectivity index (χ0) is 15.9. The third kappa shape index (κ3) is 3.79. The van der Waals surface area contributed by atoms with E-state index in [-0.39, 0.29) is 6.10 Å². The molecule has 0 aliphatic rings. The van der Waals surface area contributed by atoms with E-state index in [9.17, 15) is 5.26 Å². The minimum absolute atomic E-state index is 0.184. The van der Waals surface area contributed by atoms with Gasteiger partial charge in [0.2, 0.25) is 0 Å². The quantitative estimate of drug-likeness (QED) is 0.672. The number of benzene rings is 1. The molecule has 1 heterocycles. The first-order valence-electron chi connectivity index (χ1n) is 6.84. The minimum atomic E-state index is -0.184. The SMILES string of the molecule is Cc1ncc(-c2ccc(C#N)c(O[C@@H](C)CN=CN)c2)cn1. The van der Waals surface area contributed by atoms with Crippen LogP contribution in [0.5, 0.6) is 5.75 Å². The molecule has 2 N–H and O–H groups in total. The Bertz CT molecular complexity index is 703. The molecule has 6 nitrogen and oxygen atoms in total. The number of hydrogen-bond donors (Lipinski definition) is 1. The van der Waals surface area contributed by atoms with Gasteiger partial charge in [-0.2, -0.15) is 5.26 Å². The Morgan fingerprint density at radius 3 is 2.73 bits per heavy atom. The maximum Gasteiger partial charge on any atom is 0.138 e. The number of rotatable bonds is 5. The lowest BCUT2D eigenvalue weighted by atomic mass is 10.1. The molecule has 1 aromatic heterocycles. The van der Waals surface area contributed by atoms with Crippen molar-refractivity contribution in [3.05, 3.63) is 42.0 Å². The van der Waals surface area contributed by atoms with Crippen LogP contribution in [0.1, 0.15) is 18.3 Å². The Kier molecular flexibility index (Phi) is 5.04. The Morgan fingerprint density at radius 1 is 1.36 bits per heavy atom. The molecule has 0 bridgehead atoms. The second-order valence-electron chi connectivity index (χ2n) is 4.78. The number of aromatic nitrogens is 2.